The Hall–Kier alpha value is -2.24. The van der Waals surface area contributed by atoms with Gasteiger partial charge in [0.05, 0.1) is 7.11 Å². The van der Waals surface area contributed by atoms with Crippen molar-refractivity contribution in [2.24, 2.45) is 0 Å². The van der Waals surface area contributed by atoms with E-state index in [1.807, 2.05) is 54.6 Å². The van der Waals surface area contributed by atoms with E-state index in [1.54, 1.807) is 7.11 Å². The molecule has 1 unspecified atom stereocenters. The van der Waals surface area contributed by atoms with Gasteiger partial charge in [-0.25, -0.2) is 0 Å². The summed E-state index contributed by atoms with van der Waals surface area (Å²) in [6.07, 6.45) is -0.103. The van der Waals surface area contributed by atoms with Gasteiger partial charge in [0.2, 0.25) is 0 Å². The summed E-state index contributed by atoms with van der Waals surface area (Å²) >= 11 is 0. The predicted octanol–water partition coefficient (Wildman–Crippen LogP) is 2.65. The highest BCUT2D eigenvalue weighted by Gasteiger charge is 2.00. The molecule has 0 saturated heterocycles. The Kier molecular flexibility index (Phi) is 4.60. The van der Waals surface area contributed by atoms with E-state index in [2.05, 4.69) is 11.8 Å². The van der Waals surface area contributed by atoms with Crippen LogP contribution < -0.4 is 4.74 Å². The molecule has 0 amide bonds. The van der Waals surface area contributed by atoms with Gasteiger partial charge in [0.25, 0.3) is 0 Å². The molecule has 0 aliphatic rings. The number of aliphatic hydroxyl groups is 1. The van der Waals surface area contributed by atoms with E-state index in [-0.39, 0.29) is 0 Å². The Balaban J connectivity index is 1.98. The van der Waals surface area contributed by atoms with E-state index in [4.69, 9.17) is 4.74 Å². The zero-order valence-electron chi connectivity index (χ0n) is 10.8. The lowest BCUT2D eigenvalue weighted by molar-refractivity contribution is 0.233. The summed E-state index contributed by atoms with van der Waals surface area (Å²) in [5.74, 6) is 6.61. The van der Waals surface area contributed by atoms with E-state index in [0.717, 1.165) is 16.9 Å². The average Bonchev–Trinajstić information content (AvgIpc) is 2.47. The first-order chi connectivity index (χ1) is 9.28. The zero-order chi connectivity index (χ0) is 13.5. The van der Waals surface area contributed by atoms with Crippen molar-refractivity contribution < 1.29 is 9.84 Å². The third-order valence-electron chi connectivity index (χ3n) is 2.75. The Morgan fingerprint density at radius 3 is 2.37 bits per heavy atom. The van der Waals surface area contributed by atoms with Crippen molar-refractivity contribution in [1.29, 1.82) is 0 Å². The number of ether oxygens (including phenoxy) is 1. The van der Waals surface area contributed by atoms with Crippen LogP contribution in [0.25, 0.3) is 0 Å². The molecule has 2 aromatic rings. The number of aliphatic hydroxyl groups excluding tert-OH is 1. The lowest BCUT2D eigenvalue weighted by atomic mass is 10.1. The van der Waals surface area contributed by atoms with Gasteiger partial charge in [-0.05, 0) is 29.8 Å². The lowest BCUT2D eigenvalue weighted by Gasteiger charge is -2.03. The molecule has 1 N–H and O–H groups in total. The van der Waals surface area contributed by atoms with Crippen molar-refractivity contribution >= 4 is 0 Å². The maximum Gasteiger partial charge on any atom is 0.119 e. The summed E-state index contributed by atoms with van der Waals surface area (Å²) in [6, 6.07) is 17.3. The van der Waals surface area contributed by atoms with E-state index in [0.29, 0.717) is 6.42 Å². The Morgan fingerprint density at radius 1 is 1.05 bits per heavy atom. The van der Waals surface area contributed by atoms with Crippen LogP contribution in [0.4, 0.5) is 0 Å². The maximum atomic E-state index is 9.87. The molecule has 19 heavy (non-hydrogen) atoms. The molecular formula is C17H16O2. The summed E-state index contributed by atoms with van der Waals surface area (Å²) < 4.78 is 5.08. The topological polar surface area (TPSA) is 29.5 Å². The third kappa shape index (κ3) is 4.17. The van der Waals surface area contributed by atoms with Crippen LogP contribution in [0.2, 0.25) is 0 Å². The third-order valence-corrected chi connectivity index (χ3v) is 2.75. The minimum atomic E-state index is -0.649. The minimum Gasteiger partial charge on any atom is -0.497 e. The van der Waals surface area contributed by atoms with Crippen molar-refractivity contribution in [2.75, 3.05) is 7.11 Å². The van der Waals surface area contributed by atoms with Crippen molar-refractivity contribution in [1.82, 2.24) is 0 Å². The molecule has 1 atom stereocenters. The molecule has 2 aromatic carbocycles. The zero-order valence-corrected chi connectivity index (χ0v) is 10.8. The molecule has 2 heteroatoms. The molecule has 0 heterocycles. The summed E-state index contributed by atoms with van der Waals surface area (Å²) in [7, 11) is 1.63. The van der Waals surface area contributed by atoms with Crippen LogP contribution >= 0.6 is 0 Å². The normalized spacial score (nSPS) is 11.3. The molecule has 0 radical (unpaired) electrons. The number of rotatable bonds is 3. The molecule has 0 aromatic heterocycles. The highest BCUT2D eigenvalue weighted by atomic mass is 16.5. The molecule has 0 bridgehead atoms. The first-order valence-corrected chi connectivity index (χ1v) is 6.15. The van der Waals surface area contributed by atoms with Crippen molar-refractivity contribution in [3.05, 3.63) is 65.7 Å². The predicted molar refractivity (Wildman–Crippen MR) is 76.0 cm³/mol. The first-order valence-electron chi connectivity index (χ1n) is 6.15. The molecule has 0 spiro atoms. The average molecular weight is 252 g/mol. The molecule has 0 fully saturated rings. The first kappa shape index (κ1) is 13.2. The molecule has 0 aliphatic heterocycles. The quantitative estimate of drug-likeness (QED) is 0.851. The SMILES string of the molecule is COc1ccc(C#CC(O)Cc2ccccc2)cc1. The van der Waals surface area contributed by atoms with Gasteiger partial charge in [-0.15, -0.1) is 0 Å². The Labute approximate surface area is 113 Å². The second kappa shape index (κ2) is 6.63. The smallest absolute Gasteiger partial charge is 0.119 e. The Bertz CT molecular complexity index is 562. The summed E-state index contributed by atoms with van der Waals surface area (Å²) in [5.41, 5.74) is 1.95. The highest BCUT2D eigenvalue weighted by molar-refractivity contribution is 5.39. The van der Waals surface area contributed by atoms with Gasteiger partial charge in [0.1, 0.15) is 11.9 Å². The molecule has 2 rings (SSSR count). The molecule has 2 nitrogen and oxygen atoms in total. The number of methoxy groups -OCH3 is 1. The van der Waals surface area contributed by atoms with Crippen molar-refractivity contribution in [3.63, 3.8) is 0 Å². The maximum absolute atomic E-state index is 9.87. The van der Waals surface area contributed by atoms with Crippen LogP contribution in [0.5, 0.6) is 5.75 Å². The van der Waals surface area contributed by atoms with Gasteiger partial charge in [-0.2, -0.15) is 0 Å². The van der Waals surface area contributed by atoms with Crippen LogP contribution in [-0.4, -0.2) is 18.3 Å². The number of hydrogen-bond acceptors (Lipinski definition) is 2. The van der Waals surface area contributed by atoms with Crippen LogP contribution in [0.15, 0.2) is 54.6 Å². The van der Waals surface area contributed by atoms with Crippen LogP contribution in [0.3, 0.4) is 0 Å². The van der Waals surface area contributed by atoms with Crippen LogP contribution in [0.1, 0.15) is 11.1 Å². The van der Waals surface area contributed by atoms with Gasteiger partial charge in [-0.1, -0.05) is 42.2 Å². The van der Waals surface area contributed by atoms with Crippen LogP contribution in [-0.2, 0) is 6.42 Å². The van der Waals surface area contributed by atoms with E-state index in [1.165, 1.54) is 0 Å². The standard InChI is InChI=1S/C17H16O2/c1-19-17-11-8-14(9-12-17)7-10-16(18)13-15-5-3-2-4-6-15/h2-6,8-9,11-12,16,18H,13H2,1H3. The van der Waals surface area contributed by atoms with Gasteiger partial charge in [0, 0.05) is 12.0 Å². The molecule has 0 saturated carbocycles. The van der Waals surface area contributed by atoms with Gasteiger partial charge in [-0.3, -0.25) is 0 Å². The molecular weight excluding hydrogens is 236 g/mol. The highest BCUT2D eigenvalue weighted by Crippen LogP contribution is 2.10. The summed E-state index contributed by atoms with van der Waals surface area (Å²) in [4.78, 5) is 0. The summed E-state index contributed by atoms with van der Waals surface area (Å²) in [5, 5.41) is 9.87. The Morgan fingerprint density at radius 2 is 1.74 bits per heavy atom. The van der Waals surface area contributed by atoms with E-state index in [9.17, 15) is 5.11 Å². The van der Waals surface area contributed by atoms with Crippen LogP contribution in [0, 0.1) is 11.8 Å². The monoisotopic (exact) mass is 252 g/mol. The number of hydrogen-bond donors (Lipinski definition) is 1. The van der Waals surface area contributed by atoms with E-state index >= 15 is 0 Å². The lowest BCUT2D eigenvalue weighted by Crippen LogP contribution is -2.06. The van der Waals surface area contributed by atoms with Gasteiger partial charge >= 0.3 is 0 Å². The van der Waals surface area contributed by atoms with Crippen molar-refractivity contribution in [3.8, 4) is 17.6 Å². The fourth-order valence-corrected chi connectivity index (χ4v) is 1.73. The fraction of sp³-hybridized carbons (Fsp3) is 0.176. The second-order valence-corrected chi connectivity index (χ2v) is 4.20. The molecule has 0 aliphatic carbocycles. The second-order valence-electron chi connectivity index (χ2n) is 4.20. The largest absolute Gasteiger partial charge is 0.497 e. The van der Waals surface area contributed by atoms with Crippen molar-refractivity contribution in [2.45, 2.75) is 12.5 Å². The van der Waals surface area contributed by atoms with Gasteiger partial charge < -0.3 is 9.84 Å². The number of benzene rings is 2. The van der Waals surface area contributed by atoms with E-state index < -0.39 is 6.10 Å². The van der Waals surface area contributed by atoms with Gasteiger partial charge in [0.15, 0.2) is 0 Å². The molecule has 96 valence electrons. The fourth-order valence-electron chi connectivity index (χ4n) is 1.73. The minimum absolute atomic E-state index is 0.546. The summed E-state index contributed by atoms with van der Waals surface area (Å²) in [6.45, 7) is 0.